The van der Waals surface area contributed by atoms with Gasteiger partial charge in [0, 0.05) is 28.5 Å². The molecule has 0 atom stereocenters. The van der Waals surface area contributed by atoms with Gasteiger partial charge in [-0.3, -0.25) is 0 Å². The van der Waals surface area contributed by atoms with Crippen molar-refractivity contribution in [1.82, 2.24) is 14.8 Å². The lowest BCUT2D eigenvalue weighted by atomic mass is 10.0. The molecule has 0 amide bonds. The van der Waals surface area contributed by atoms with E-state index in [-0.39, 0.29) is 12.0 Å². The van der Waals surface area contributed by atoms with Crippen molar-refractivity contribution >= 4 is 17.3 Å². The van der Waals surface area contributed by atoms with Gasteiger partial charge in [-0.1, -0.05) is 0 Å². The Morgan fingerprint density at radius 2 is 2.15 bits per heavy atom. The van der Waals surface area contributed by atoms with Crippen LogP contribution in [0.1, 0.15) is 35.1 Å². The summed E-state index contributed by atoms with van der Waals surface area (Å²) in [4.78, 5) is 18.7. The molecule has 0 fully saturated rings. The van der Waals surface area contributed by atoms with Crippen LogP contribution in [0, 0.1) is 0 Å². The number of carbonyl (C=O) groups excluding carboxylic acids is 1. The van der Waals surface area contributed by atoms with E-state index < -0.39 is 0 Å². The summed E-state index contributed by atoms with van der Waals surface area (Å²) in [5, 5.41) is 4.34. The number of esters is 1. The number of carbonyl (C=O) groups is 1. The molecule has 1 aromatic carbocycles. The van der Waals surface area contributed by atoms with Crippen LogP contribution in [0.25, 0.3) is 21.8 Å². The van der Waals surface area contributed by atoms with Crippen LogP contribution in [-0.4, -0.2) is 34.5 Å². The number of aromatic nitrogens is 3. The highest BCUT2D eigenvalue weighted by Crippen LogP contribution is 2.43. The zero-order chi connectivity index (χ0) is 18.3. The lowest BCUT2D eigenvalue weighted by Crippen LogP contribution is -2.04. The van der Waals surface area contributed by atoms with Crippen molar-refractivity contribution < 1.29 is 14.3 Å². The molecule has 0 saturated carbocycles. The molecule has 4 rings (SSSR count). The zero-order valence-electron chi connectivity index (χ0n) is 14.9. The molecule has 6 nitrogen and oxygen atoms in total. The first kappa shape index (κ1) is 16.8. The first-order valence-electron chi connectivity index (χ1n) is 8.46. The van der Waals surface area contributed by atoms with Gasteiger partial charge in [0.15, 0.2) is 5.82 Å². The van der Waals surface area contributed by atoms with Crippen molar-refractivity contribution in [3.05, 3.63) is 41.0 Å². The first-order valence-corrected chi connectivity index (χ1v) is 9.28. The summed E-state index contributed by atoms with van der Waals surface area (Å²) in [5.74, 6) is 1.30. The van der Waals surface area contributed by atoms with Crippen molar-refractivity contribution in [1.29, 1.82) is 0 Å². The number of nitrogens with zero attached hydrogens (tertiary/aromatic N) is 3. The molecule has 7 heteroatoms. The van der Waals surface area contributed by atoms with Gasteiger partial charge in [-0.15, -0.1) is 11.3 Å². The maximum atomic E-state index is 11.9. The highest BCUT2D eigenvalue weighted by Gasteiger charge is 2.23. The fraction of sp³-hybridized carbons (Fsp3) is 0.316. The minimum absolute atomic E-state index is 0.232. The molecule has 0 N–H and O–H groups in total. The van der Waals surface area contributed by atoms with E-state index in [4.69, 9.17) is 9.47 Å². The molecular weight excluding hydrogens is 350 g/mol. The largest absolute Gasteiger partial charge is 0.493 e. The fourth-order valence-electron chi connectivity index (χ4n) is 3.12. The predicted molar refractivity (Wildman–Crippen MR) is 99.7 cm³/mol. The van der Waals surface area contributed by atoms with Gasteiger partial charge in [-0.05, 0) is 38.1 Å². The molecule has 0 spiro atoms. The number of hydrogen-bond donors (Lipinski definition) is 0. The molecule has 3 aromatic rings. The number of ether oxygens (including phenoxy) is 2. The van der Waals surface area contributed by atoms with Gasteiger partial charge < -0.3 is 9.47 Å². The molecule has 3 heterocycles. The van der Waals surface area contributed by atoms with Crippen LogP contribution in [0.4, 0.5) is 0 Å². The summed E-state index contributed by atoms with van der Waals surface area (Å²) in [6, 6.07) is 7.77. The van der Waals surface area contributed by atoms with Crippen molar-refractivity contribution in [2.75, 3.05) is 13.7 Å². The Labute approximate surface area is 155 Å². The van der Waals surface area contributed by atoms with Crippen molar-refractivity contribution in [3.8, 4) is 27.6 Å². The van der Waals surface area contributed by atoms with E-state index in [1.54, 1.807) is 23.7 Å². The van der Waals surface area contributed by atoms with Crippen molar-refractivity contribution in [2.45, 2.75) is 26.3 Å². The van der Waals surface area contributed by atoms with Crippen LogP contribution in [0.5, 0.6) is 5.75 Å². The van der Waals surface area contributed by atoms with Crippen molar-refractivity contribution in [2.24, 2.45) is 0 Å². The normalized spacial score (nSPS) is 12.9. The van der Waals surface area contributed by atoms with Crippen LogP contribution in [0.3, 0.4) is 0 Å². The molecule has 0 aliphatic carbocycles. The topological polar surface area (TPSA) is 66.2 Å². The number of rotatable bonds is 3. The van der Waals surface area contributed by atoms with Gasteiger partial charge in [0.1, 0.15) is 12.1 Å². The second-order valence-electron chi connectivity index (χ2n) is 6.37. The SMILES string of the molecule is COC(=O)c1ccc2c(c1)-c1cc(-c3ncnn3C(C)C)sc1CCO2. The third-order valence-corrected chi connectivity index (χ3v) is 5.56. The molecule has 0 unspecified atom stereocenters. The third-order valence-electron chi connectivity index (χ3n) is 4.37. The summed E-state index contributed by atoms with van der Waals surface area (Å²) in [7, 11) is 1.39. The number of hydrogen-bond acceptors (Lipinski definition) is 6. The highest BCUT2D eigenvalue weighted by atomic mass is 32.1. The molecule has 1 aliphatic rings. The third kappa shape index (κ3) is 2.78. The average Bonchev–Trinajstić information content (AvgIpc) is 3.25. The molecule has 134 valence electrons. The standard InChI is InChI=1S/C19H19N3O3S/c1-11(2)22-18(20-10-21-22)17-9-14-13-8-12(19(23)24-3)4-5-15(13)25-7-6-16(14)26-17/h4-5,8-11H,6-7H2,1-3H3. The Hall–Kier alpha value is -2.67. The van der Waals surface area contributed by atoms with Crippen molar-refractivity contribution in [3.63, 3.8) is 0 Å². The van der Waals surface area contributed by atoms with Gasteiger partial charge >= 0.3 is 5.97 Å². The number of fused-ring (bicyclic) bond motifs is 3. The Kier molecular flexibility index (Phi) is 4.24. The van der Waals surface area contributed by atoms with Crippen LogP contribution in [0.2, 0.25) is 0 Å². The Bertz CT molecular complexity index is 974. The minimum Gasteiger partial charge on any atom is -0.493 e. The predicted octanol–water partition coefficient (Wildman–Crippen LogP) is 3.98. The lowest BCUT2D eigenvalue weighted by Gasteiger charge is -2.09. The van der Waals surface area contributed by atoms with Gasteiger partial charge in [0.05, 0.1) is 24.2 Å². The molecule has 0 saturated heterocycles. The Morgan fingerprint density at radius 1 is 1.31 bits per heavy atom. The summed E-state index contributed by atoms with van der Waals surface area (Å²) < 4.78 is 12.6. The Morgan fingerprint density at radius 3 is 2.92 bits per heavy atom. The van der Waals surface area contributed by atoms with E-state index in [9.17, 15) is 4.79 Å². The molecule has 26 heavy (non-hydrogen) atoms. The van der Waals surface area contributed by atoms with E-state index in [1.165, 1.54) is 12.0 Å². The maximum Gasteiger partial charge on any atom is 0.337 e. The lowest BCUT2D eigenvalue weighted by molar-refractivity contribution is 0.0601. The van der Waals surface area contributed by atoms with E-state index >= 15 is 0 Å². The van der Waals surface area contributed by atoms with Gasteiger partial charge in [-0.2, -0.15) is 5.10 Å². The first-order chi connectivity index (χ1) is 12.6. The Balaban J connectivity index is 1.85. The average molecular weight is 369 g/mol. The molecule has 0 bridgehead atoms. The van der Waals surface area contributed by atoms with Crippen LogP contribution in [-0.2, 0) is 11.2 Å². The van der Waals surface area contributed by atoms with Crippen LogP contribution in [0.15, 0.2) is 30.6 Å². The van der Waals surface area contributed by atoms with Gasteiger partial charge in [-0.25, -0.2) is 14.5 Å². The van der Waals surface area contributed by atoms with Gasteiger partial charge in [0.25, 0.3) is 0 Å². The number of benzene rings is 1. The number of thiophene rings is 1. The molecule has 1 aliphatic heterocycles. The van der Waals surface area contributed by atoms with Crippen LogP contribution < -0.4 is 4.74 Å². The smallest absolute Gasteiger partial charge is 0.337 e. The molecule has 2 aromatic heterocycles. The second-order valence-corrected chi connectivity index (χ2v) is 7.51. The van der Waals surface area contributed by atoms with Gasteiger partial charge in [0.2, 0.25) is 0 Å². The summed E-state index contributed by atoms with van der Waals surface area (Å²) >= 11 is 1.70. The summed E-state index contributed by atoms with van der Waals surface area (Å²) in [5.41, 5.74) is 2.51. The van der Waals surface area contributed by atoms with E-state index in [2.05, 4.69) is 30.0 Å². The van der Waals surface area contributed by atoms with E-state index in [0.29, 0.717) is 12.2 Å². The minimum atomic E-state index is -0.353. The quantitative estimate of drug-likeness (QED) is 0.654. The molecular formula is C19H19N3O3S. The number of methoxy groups -OCH3 is 1. The monoisotopic (exact) mass is 369 g/mol. The highest BCUT2D eigenvalue weighted by molar-refractivity contribution is 7.16. The second kappa shape index (κ2) is 6.57. The van der Waals surface area contributed by atoms with Crippen LogP contribution >= 0.6 is 11.3 Å². The summed E-state index contributed by atoms with van der Waals surface area (Å²) in [6.45, 7) is 4.78. The summed E-state index contributed by atoms with van der Waals surface area (Å²) in [6.07, 6.45) is 2.41. The fourth-order valence-corrected chi connectivity index (χ4v) is 4.27. The van der Waals surface area contributed by atoms with E-state index in [0.717, 1.165) is 34.0 Å². The zero-order valence-corrected chi connectivity index (χ0v) is 15.7. The maximum absolute atomic E-state index is 11.9. The van der Waals surface area contributed by atoms with E-state index in [1.807, 2.05) is 16.8 Å². The molecule has 0 radical (unpaired) electrons.